The van der Waals surface area contributed by atoms with Crippen molar-refractivity contribution < 1.29 is 9.32 Å². The lowest BCUT2D eigenvalue weighted by molar-refractivity contribution is -0.132. The number of aryl methyl sites for hydroxylation is 1. The molecule has 1 saturated carbocycles. The smallest absolute Gasteiger partial charge is 0.239 e. The van der Waals surface area contributed by atoms with Crippen molar-refractivity contribution in [2.24, 2.45) is 11.7 Å². The molecule has 0 spiro atoms. The van der Waals surface area contributed by atoms with Crippen LogP contribution >= 0.6 is 0 Å². The van der Waals surface area contributed by atoms with E-state index in [1.54, 1.807) is 11.9 Å². The molecule has 0 bridgehead atoms. The van der Waals surface area contributed by atoms with Crippen molar-refractivity contribution >= 4 is 5.91 Å². The van der Waals surface area contributed by atoms with Crippen molar-refractivity contribution in [1.82, 2.24) is 10.1 Å². The summed E-state index contributed by atoms with van der Waals surface area (Å²) in [5.41, 5.74) is 6.84. The second-order valence-electron chi connectivity index (χ2n) is 5.97. The van der Waals surface area contributed by atoms with Crippen LogP contribution in [0.5, 0.6) is 0 Å². The lowest BCUT2D eigenvalue weighted by atomic mass is 9.85. The first-order valence-corrected chi connectivity index (χ1v) is 7.49. The Hall–Kier alpha value is -1.36. The van der Waals surface area contributed by atoms with Crippen LogP contribution in [-0.4, -0.2) is 29.1 Å². The number of aromatic nitrogens is 1. The predicted octanol–water partition coefficient (Wildman–Crippen LogP) is 2.24. The first-order valence-electron chi connectivity index (χ1n) is 7.49. The number of hydrogen-bond donors (Lipinski definition) is 1. The normalized spacial score (nSPS) is 17.9. The lowest BCUT2D eigenvalue weighted by Gasteiger charge is -2.26. The van der Waals surface area contributed by atoms with E-state index in [1.165, 1.54) is 32.1 Å². The van der Waals surface area contributed by atoms with Gasteiger partial charge in [-0.3, -0.25) is 4.79 Å². The fourth-order valence-corrected chi connectivity index (χ4v) is 2.98. The van der Waals surface area contributed by atoms with Gasteiger partial charge in [-0.25, -0.2) is 0 Å². The van der Waals surface area contributed by atoms with Crippen LogP contribution in [0.15, 0.2) is 10.6 Å². The molecule has 1 aliphatic carbocycles. The zero-order valence-electron chi connectivity index (χ0n) is 12.5. The van der Waals surface area contributed by atoms with Crippen molar-refractivity contribution in [3.63, 3.8) is 0 Å². The third-order valence-electron chi connectivity index (χ3n) is 4.08. The average molecular weight is 279 g/mol. The number of amides is 1. The summed E-state index contributed by atoms with van der Waals surface area (Å²) < 4.78 is 5.01. The molecule has 5 heteroatoms. The SMILES string of the molecule is Cc1cc(CN(C)C(=O)C(N)CC2CCCCC2)no1. The van der Waals surface area contributed by atoms with Gasteiger partial charge in [-0.15, -0.1) is 0 Å². The zero-order valence-corrected chi connectivity index (χ0v) is 12.5. The summed E-state index contributed by atoms with van der Waals surface area (Å²) in [5.74, 6) is 1.37. The monoisotopic (exact) mass is 279 g/mol. The van der Waals surface area contributed by atoms with Gasteiger partial charge < -0.3 is 15.2 Å². The molecule has 1 heterocycles. The van der Waals surface area contributed by atoms with Crippen LogP contribution < -0.4 is 5.73 Å². The molecule has 0 radical (unpaired) electrons. The number of rotatable bonds is 5. The highest BCUT2D eigenvalue weighted by molar-refractivity contribution is 5.81. The van der Waals surface area contributed by atoms with Crippen LogP contribution in [0.4, 0.5) is 0 Å². The number of nitrogens with zero attached hydrogens (tertiary/aromatic N) is 2. The van der Waals surface area contributed by atoms with Gasteiger partial charge in [0.1, 0.15) is 11.5 Å². The minimum absolute atomic E-state index is 0.00349. The molecule has 1 aromatic heterocycles. The molecular weight excluding hydrogens is 254 g/mol. The van der Waals surface area contributed by atoms with Gasteiger partial charge in [-0.1, -0.05) is 37.3 Å². The summed E-state index contributed by atoms with van der Waals surface area (Å²) in [6.07, 6.45) is 7.12. The Morgan fingerprint density at radius 3 is 2.80 bits per heavy atom. The van der Waals surface area contributed by atoms with E-state index in [-0.39, 0.29) is 5.91 Å². The number of nitrogens with two attached hydrogens (primary N) is 1. The molecule has 1 atom stereocenters. The summed E-state index contributed by atoms with van der Waals surface area (Å²) in [7, 11) is 1.77. The maximum Gasteiger partial charge on any atom is 0.239 e. The van der Waals surface area contributed by atoms with Gasteiger partial charge in [0.2, 0.25) is 5.91 Å². The van der Waals surface area contributed by atoms with Crippen LogP contribution in [0.2, 0.25) is 0 Å². The minimum atomic E-state index is -0.393. The van der Waals surface area contributed by atoms with E-state index < -0.39 is 6.04 Å². The molecule has 1 unspecified atom stereocenters. The minimum Gasteiger partial charge on any atom is -0.361 e. The van der Waals surface area contributed by atoms with E-state index in [4.69, 9.17) is 10.3 Å². The number of carbonyl (C=O) groups excluding carboxylic acids is 1. The highest BCUT2D eigenvalue weighted by atomic mass is 16.5. The summed E-state index contributed by atoms with van der Waals surface area (Å²) in [6.45, 7) is 2.29. The summed E-state index contributed by atoms with van der Waals surface area (Å²) in [4.78, 5) is 13.9. The molecule has 2 N–H and O–H groups in total. The van der Waals surface area contributed by atoms with Crippen LogP contribution in [0.1, 0.15) is 50.0 Å². The highest BCUT2D eigenvalue weighted by Crippen LogP contribution is 2.27. The van der Waals surface area contributed by atoms with E-state index in [2.05, 4.69) is 5.16 Å². The fourth-order valence-electron chi connectivity index (χ4n) is 2.98. The van der Waals surface area contributed by atoms with E-state index >= 15 is 0 Å². The van der Waals surface area contributed by atoms with Gasteiger partial charge in [0.05, 0.1) is 12.6 Å². The van der Waals surface area contributed by atoms with Gasteiger partial charge in [0.15, 0.2) is 0 Å². The fraction of sp³-hybridized carbons (Fsp3) is 0.733. The Morgan fingerprint density at radius 2 is 2.20 bits per heavy atom. The maximum atomic E-state index is 12.3. The van der Waals surface area contributed by atoms with Crippen LogP contribution in [-0.2, 0) is 11.3 Å². The summed E-state index contributed by atoms with van der Waals surface area (Å²) in [6, 6.07) is 1.45. The summed E-state index contributed by atoms with van der Waals surface area (Å²) >= 11 is 0. The standard InChI is InChI=1S/C15H25N3O2/c1-11-8-13(17-20-11)10-18(2)15(19)14(16)9-12-6-4-3-5-7-12/h8,12,14H,3-7,9-10,16H2,1-2H3. The van der Waals surface area contributed by atoms with Crippen molar-refractivity contribution in [1.29, 1.82) is 0 Å². The van der Waals surface area contributed by atoms with Gasteiger partial charge in [-0.05, 0) is 19.3 Å². The lowest BCUT2D eigenvalue weighted by Crippen LogP contribution is -2.42. The third-order valence-corrected chi connectivity index (χ3v) is 4.08. The Labute approximate surface area is 120 Å². The largest absolute Gasteiger partial charge is 0.361 e. The highest BCUT2D eigenvalue weighted by Gasteiger charge is 2.24. The summed E-state index contributed by atoms with van der Waals surface area (Å²) in [5, 5.41) is 3.90. The molecule has 5 nitrogen and oxygen atoms in total. The number of likely N-dealkylation sites (N-methyl/N-ethyl adjacent to an activating group) is 1. The van der Waals surface area contributed by atoms with Crippen molar-refractivity contribution in [3.05, 3.63) is 17.5 Å². The third kappa shape index (κ3) is 4.07. The first kappa shape index (κ1) is 15.0. The molecule has 0 aliphatic heterocycles. The molecule has 1 aromatic rings. The molecule has 1 amide bonds. The second-order valence-corrected chi connectivity index (χ2v) is 5.97. The van der Waals surface area contributed by atoms with Crippen LogP contribution in [0.25, 0.3) is 0 Å². The van der Waals surface area contributed by atoms with E-state index in [0.717, 1.165) is 17.9 Å². The molecule has 1 fully saturated rings. The molecule has 20 heavy (non-hydrogen) atoms. The quantitative estimate of drug-likeness (QED) is 0.897. The van der Waals surface area contributed by atoms with Crippen molar-refractivity contribution in [2.75, 3.05) is 7.05 Å². The predicted molar refractivity (Wildman–Crippen MR) is 76.9 cm³/mol. The van der Waals surface area contributed by atoms with Gasteiger partial charge >= 0.3 is 0 Å². The Bertz CT molecular complexity index is 438. The van der Waals surface area contributed by atoms with E-state index in [1.807, 2.05) is 13.0 Å². The molecule has 0 saturated heterocycles. The molecule has 0 aromatic carbocycles. The molecule has 112 valence electrons. The van der Waals surface area contributed by atoms with Crippen molar-refractivity contribution in [3.8, 4) is 0 Å². The van der Waals surface area contributed by atoms with E-state index in [9.17, 15) is 4.79 Å². The molecule has 1 aliphatic rings. The first-order chi connectivity index (χ1) is 9.56. The van der Waals surface area contributed by atoms with Gasteiger partial charge in [0, 0.05) is 13.1 Å². The van der Waals surface area contributed by atoms with Gasteiger partial charge in [-0.2, -0.15) is 0 Å². The maximum absolute atomic E-state index is 12.3. The Morgan fingerprint density at radius 1 is 1.50 bits per heavy atom. The second kappa shape index (κ2) is 6.88. The topological polar surface area (TPSA) is 72.4 Å². The number of hydrogen-bond acceptors (Lipinski definition) is 4. The molecular formula is C15H25N3O2. The zero-order chi connectivity index (χ0) is 14.5. The van der Waals surface area contributed by atoms with E-state index in [0.29, 0.717) is 12.5 Å². The number of carbonyl (C=O) groups is 1. The van der Waals surface area contributed by atoms with Crippen LogP contribution in [0, 0.1) is 12.8 Å². The Balaban J connectivity index is 1.82. The van der Waals surface area contributed by atoms with Crippen LogP contribution in [0.3, 0.4) is 0 Å². The van der Waals surface area contributed by atoms with Crippen molar-refractivity contribution in [2.45, 2.75) is 58.0 Å². The van der Waals surface area contributed by atoms with Gasteiger partial charge in [0.25, 0.3) is 0 Å². The average Bonchev–Trinajstić information content (AvgIpc) is 2.84. The Kier molecular flexibility index (Phi) is 5.17. The molecule has 2 rings (SSSR count).